The highest BCUT2D eigenvalue weighted by atomic mass is 19.1. The van der Waals surface area contributed by atoms with Crippen LogP contribution in [-0.2, 0) is 0 Å². The molecule has 0 saturated heterocycles. The zero-order valence-electron chi connectivity index (χ0n) is 14.1. The van der Waals surface area contributed by atoms with E-state index < -0.39 is 28.9 Å². The first kappa shape index (κ1) is 18.5. The maximum Gasteiger partial charge on any atom is 0.335 e. The number of aromatic hydroxyl groups is 1. The summed E-state index contributed by atoms with van der Waals surface area (Å²) in [5.74, 6) is -3.13. The van der Waals surface area contributed by atoms with Gasteiger partial charge in [-0.1, -0.05) is 0 Å². The molecule has 0 amide bonds. The number of halogens is 1. The fourth-order valence-electron chi connectivity index (χ4n) is 2.59. The maximum atomic E-state index is 13.5. The molecule has 0 unspecified atom stereocenters. The Labute approximate surface area is 157 Å². The number of nitriles is 1. The summed E-state index contributed by atoms with van der Waals surface area (Å²) in [5, 5.41) is 28.0. The molecule has 3 rings (SSSR count). The predicted molar refractivity (Wildman–Crippen MR) is 95.2 cm³/mol. The summed E-state index contributed by atoms with van der Waals surface area (Å²) >= 11 is 0. The average molecular weight is 378 g/mol. The lowest BCUT2D eigenvalue weighted by molar-refractivity contribution is 0.0696. The molecule has 7 nitrogen and oxygen atoms in total. The number of aromatic carboxylic acids is 1. The third kappa shape index (κ3) is 3.37. The van der Waals surface area contributed by atoms with Crippen molar-refractivity contribution in [1.29, 1.82) is 5.26 Å². The molecule has 0 fully saturated rings. The Morgan fingerprint density at radius 1 is 1.04 bits per heavy atom. The van der Waals surface area contributed by atoms with Gasteiger partial charge in [-0.15, -0.1) is 0 Å². The molecule has 8 heteroatoms. The Morgan fingerprint density at radius 2 is 1.71 bits per heavy atom. The molecule has 138 valence electrons. The van der Waals surface area contributed by atoms with E-state index >= 15 is 0 Å². The number of carboxylic acids is 1. The Balaban J connectivity index is 2.17. The Morgan fingerprint density at radius 3 is 2.32 bits per heavy atom. The van der Waals surface area contributed by atoms with Crippen LogP contribution in [0.25, 0.3) is 5.69 Å². The van der Waals surface area contributed by atoms with Gasteiger partial charge in [0.15, 0.2) is 5.78 Å². The fraction of sp³-hybridized carbons (Fsp3) is 0. The SMILES string of the molecule is N#Cc1cc(C(=O)c2cc(F)ccc2O)cn(-c2ccc(C(=O)O)cc2)c1=O. The number of phenols is 1. The van der Waals surface area contributed by atoms with E-state index in [1.54, 1.807) is 6.07 Å². The van der Waals surface area contributed by atoms with Gasteiger partial charge in [0.2, 0.25) is 0 Å². The van der Waals surface area contributed by atoms with Crippen molar-refractivity contribution in [2.24, 2.45) is 0 Å². The molecule has 1 aromatic heterocycles. The Hall–Kier alpha value is -4.25. The molecular weight excluding hydrogens is 367 g/mol. The van der Waals surface area contributed by atoms with Crippen LogP contribution < -0.4 is 5.56 Å². The minimum atomic E-state index is -1.15. The lowest BCUT2D eigenvalue weighted by atomic mass is 10.0. The zero-order valence-corrected chi connectivity index (χ0v) is 14.1. The molecule has 3 aromatic rings. The predicted octanol–water partition coefficient (Wildman–Crippen LogP) is 2.48. The van der Waals surface area contributed by atoms with Crippen LogP contribution in [0, 0.1) is 17.1 Å². The van der Waals surface area contributed by atoms with E-state index in [2.05, 4.69) is 0 Å². The summed E-state index contributed by atoms with van der Waals surface area (Å²) in [7, 11) is 0. The van der Waals surface area contributed by atoms with Gasteiger partial charge in [0.25, 0.3) is 5.56 Å². The second-order valence-electron chi connectivity index (χ2n) is 5.77. The van der Waals surface area contributed by atoms with Crippen molar-refractivity contribution in [3.63, 3.8) is 0 Å². The minimum Gasteiger partial charge on any atom is -0.507 e. The van der Waals surface area contributed by atoms with Gasteiger partial charge in [0.05, 0.1) is 11.1 Å². The van der Waals surface area contributed by atoms with Crippen LogP contribution in [0.2, 0.25) is 0 Å². The quantitative estimate of drug-likeness (QED) is 0.673. The van der Waals surface area contributed by atoms with Gasteiger partial charge in [0.1, 0.15) is 23.2 Å². The van der Waals surface area contributed by atoms with E-state index in [0.29, 0.717) is 0 Å². The number of nitrogens with zero attached hydrogens (tertiary/aromatic N) is 2. The number of pyridine rings is 1. The van der Waals surface area contributed by atoms with Crippen molar-refractivity contribution in [2.45, 2.75) is 0 Å². The molecule has 0 radical (unpaired) electrons. The normalized spacial score (nSPS) is 10.3. The maximum absolute atomic E-state index is 13.5. The number of ketones is 1. The summed E-state index contributed by atoms with van der Waals surface area (Å²) in [6, 6.07) is 10.8. The van der Waals surface area contributed by atoms with Gasteiger partial charge in [-0.05, 0) is 48.5 Å². The van der Waals surface area contributed by atoms with Gasteiger partial charge in [-0.3, -0.25) is 14.2 Å². The number of carbonyl (C=O) groups is 2. The second-order valence-corrected chi connectivity index (χ2v) is 5.77. The van der Waals surface area contributed by atoms with E-state index in [9.17, 15) is 29.1 Å². The van der Waals surface area contributed by atoms with E-state index in [4.69, 9.17) is 5.11 Å². The summed E-state index contributed by atoms with van der Waals surface area (Å²) < 4.78 is 14.5. The highest BCUT2D eigenvalue weighted by Crippen LogP contribution is 2.22. The molecule has 0 aliphatic heterocycles. The van der Waals surface area contributed by atoms with Crippen molar-refractivity contribution in [3.05, 3.63) is 93.2 Å². The number of carbonyl (C=O) groups excluding carboxylic acids is 1. The Bertz CT molecular complexity index is 1210. The van der Waals surface area contributed by atoms with Crippen molar-refractivity contribution in [1.82, 2.24) is 4.57 Å². The van der Waals surface area contributed by atoms with Gasteiger partial charge in [0, 0.05) is 17.4 Å². The number of hydrogen-bond acceptors (Lipinski definition) is 5. The summed E-state index contributed by atoms with van der Waals surface area (Å²) in [4.78, 5) is 36.1. The first-order chi connectivity index (χ1) is 13.3. The standard InChI is InChI=1S/C20H11FN2O5/c21-14-3-6-17(24)16(8-14)18(25)13-7-12(9-22)19(26)23(10-13)15-4-1-11(2-5-15)20(27)28/h1-8,10,24H,(H,27,28). The van der Waals surface area contributed by atoms with Crippen LogP contribution in [0.4, 0.5) is 4.39 Å². The third-order valence-electron chi connectivity index (χ3n) is 4.00. The molecule has 1 heterocycles. The van der Waals surface area contributed by atoms with E-state index in [1.807, 2.05) is 0 Å². The number of benzene rings is 2. The Kier molecular flexibility index (Phi) is 4.75. The van der Waals surface area contributed by atoms with Crippen LogP contribution in [0.3, 0.4) is 0 Å². The first-order valence-corrected chi connectivity index (χ1v) is 7.85. The largest absolute Gasteiger partial charge is 0.507 e. The average Bonchev–Trinajstić information content (AvgIpc) is 2.69. The van der Waals surface area contributed by atoms with Crippen molar-refractivity contribution >= 4 is 11.8 Å². The zero-order chi connectivity index (χ0) is 20.4. The van der Waals surface area contributed by atoms with Crippen LogP contribution in [-0.4, -0.2) is 26.5 Å². The number of rotatable bonds is 4. The van der Waals surface area contributed by atoms with Gasteiger partial charge in [-0.2, -0.15) is 5.26 Å². The summed E-state index contributed by atoms with van der Waals surface area (Å²) in [6.07, 6.45) is 1.14. The van der Waals surface area contributed by atoms with Gasteiger partial charge >= 0.3 is 5.97 Å². The molecule has 0 bridgehead atoms. The van der Waals surface area contributed by atoms with Crippen LogP contribution >= 0.6 is 0 Å². The van der Waals surface area contributed by atoms with Crippen LogP contribution in [0.1, 0.15) is 31.8 Å². The third-order valence-corrected chi connectivity index (χ3v) is 4.00. The van der Waals surface area contributed by atoms with Crippen LogP contribution in [0.15, 0.2) is 59.5 Å². The van der Waals surface area contributed by atoms with E-state index in [1.165, 1.54) is 24.3 Å². The fourth-order valence-corrected chi connectivity index (χ4v) is 2.59. The monoisotopic (exact) mass is 378 g/mol. The van der Waals surface area contributed by atoms with Crippen molar-refractivity contribution < 1.29 is 24.2 Å². The number of hydrogen-bond donors (Lipinski definition) is 2. The van der Waals surface area contributed by atoms with E-state index in [-0.39, 0.29) is 27.9 Å². The summed E-state index contributed by atoms with van der Waals surface area (Å²) in [5.41, 5.74) is -1.29. The molecule has 0 atom stereocenters. The van der Waals surface area contributed by atoms with Gasteiger partial charge in [-0.25, -0.2) is 9.18 Å². The summed E-state index contributed by atoms with van der Waals surface area (Å²) in [6.45, 7) is 0. The molecule has 0 aliphatic rings. The minimum absolute atomic E-state index is 0.00535. The smallest absolute Gasteiger partial charge is 0.335 e. The second kappa shape index (κ2) is 7.17. The number of phenolic OH excluding ortho intramolecular Hbond substituents is 1. The van der Waals surface area contributed by atoms with Crippen molar-refractivity contribution in [2.75, 3.05) is 0 Å². The van der Waals surface area contributed by atoms with Crippen LogP contribution in [0.5, 0.6) is 5.75 Å². The molecular formula is C20H11FN2O5. The molecule has 0 spiro atoms. The molecule has 2 aromatic carbocycles. The van der Waals surface area contributed by atoms with E-state index in [0.717, 1.165) is 35.0 Å². The molecule has 2 N–H and O–H groups in total. The molecule has 28 heavy (non-hydrogen) atoms. The molecule has 0 saturated carbocycles. The lowest BCUT2D eigenvalue weighted by Gasteiger charge is -2.10. The highest BCUT2D eigenvalue weighted by molar-refractivity contribution is 6.10. The first-order valence-electron chi connectivity index (χ1n) is 7.85. The number of aromatic nitrogens is 1. The van der Waals surface area contributed by atoms with Gasteiger partial charge < -0.3 is 10.2 Å². The lowest BCUT2D eigenvalue weighted by Crippen LogP contribution is -2.22. The van der Waals surface area contributed by atoms with Crippen molar-refractivity contribution in [3.8, 4) is 17.5 Å². The number of carboxylic acid groups (broad SMARTS) is 1. The molecule has 0 aliphatic carbocycles. The topological polar surface area (TPSA) is 120 Å². The highest BCUT2D eigenvalue weighted by Gasteiger charge is 2.18.